The van der Waals surface area contributed by atoms with Crippen LogP contribution in [0.1, 0.15) is 15.9 Å². The van der Waals surface area contributed by atoms with Crippen molar-refractivity contribution in [1.82, 2.24) is 5.48 Å². The van der Waals surface area contributed by atoms with E-state index in [2.05, 4.69) is 5.32 Å². The van der Waals surface area contributed by atoms with E-state index in [0.29, 0.717) is 16.8 Å². The predicted octanol–water partition coefficient (Wildman–Crippen LogP) is 2.46. The van der Waals surface area contributed by atoms with Gasteiger partial charge in [-0.1, -0.05) is 36.4 Å². The minimum Gasteiger partial charge on any atom is -0.321 e. The highest BCUT2D eigenvalue weighted by Crippen LogP contribution is 2.17. The van der Waals surface area contributed by atoms with E-state index in [1.807, 2.05) is 6.07 Å². The van der Waals surface area contributed by atoms with E-state index in [0.717, 1.165) is 0 Å². The lowest BCUT2D eigenvalue weighted by Crippen LogP contribution is -2.15. The van der Waals surface area contributed by atoms with Gasteiger partial charge in [-0.25, -0.2) is 5.48 Å². The van der Waals surface area contributed by atoms with Gasteiger partial charge < -0.3 is 5.32 Å². The number of benzene rings is 2. The molecule has 0 spiro atoms. The van der Waals surface area contributed by atoms with Crippen molar-refractivity contribution < 1.29 is 14.8 Å². The molecule has 0 aliphatic rings. The van der Waals surface area contributed by atoms with Crippen molar-refractivity contribution in [2.45, 2.75) is 0 Å². The Balaban J connectivity index is 2.19. The smallest absolute Gasteiger partial charge is 0.267 e. The molecule has 2 amide bonds. The molecule has 0 unspecified atom stereocenters. The Morgan fingerprint density at radius 2 is 1.62 bits per heavy atom. The topological polar surface area (TPSA) is 78.4 Å². The molecule has 3 N–H and O–H groups in total. The number of amides is 2. The summed E-state index contributed by atoms with van der Waals surface area (Å²) in [4.78, 5) is 23.1. The summed E-state index contributed by atoms with van der Waals surface area (Å²) in [6, 6.07) is 15.9. The maximum Gasteiger partial charge on any atom is 0.267 e. The molecule has 0 bridgehead atoms. The third kappa shape index (κ3) is 4.02. The van der Waals surface area contributed by atoms with Gasteiger partial charge >= 0.3 is 0 Å². The van der Waals surface area contributed by atoms with E-state index < -0.39 is 5.91 Å². The molecular weight excluding hydrogens is 268 g/mol. The minimum atomic E-state index is -0.640. The normalized spacial score (nSPS) is 10.3. The summed E-state index contributed by atoms with van der Waals surface area (Å²) in [5.74, 6) is -0.873. The van der Waals surface area contributed by atoms with E-state index in [1.54, 1.807) is 48.5 Å². The van der Waals surface area contributed by atoms with Crippen LogP contribution in [0.25, 0.3) is 6.08 Å². The second kappa shape index (κ2) is 7.02. The van der Waals surface area contributed by atoms with E-state index in [4.69, 9.17) is 5.21 Å². The van der Waals surface area contributed by atoms with Crippen LogP contribution in [-0.4, -0.2) is 17.0 Å². The van der Waals surface area contributed by atoms with Crippen LogP contribution in [0.15, 0.2) is 60.7 Å². The van der Waals surface area contributed by atoms with E-state index in [-0.39, 0.29) is 5.91 Å². The Labute approximate surface area is 121 Å². The largest absolute Gasteiger partial charge is 0.321 e. The van der Waals surface area contributed by atoms with E-state index in [9.17, 15) is 9.59 Å². The zero-order chi connectivity index (χ0) is 15.1. The lowest BCUT2D eigenvalue weighted by Gasteiger charge is -2.08. The molecule has 21 heavy (non-hydrogen) atoms. The van der Waals surface area contributed by atoms with Gasteiger partial charge in [-0.2, -0.15) is 0 Å². The van der Waals surface area contributed by atoms with Crippen molar-refractivity contribution in [1.29, 1.82) is 0 Å². The maximum atomic E-state index is 12.1. The monoisotopic (exact) mass is 282 g/mol. The van der Waals surface area contributed by atoms with Crippen molar-refractivity contribution in [3.8, 4) is 0 Å². The first-order chi connectivity index (χ1) is 10.2. The van der Waals surface area contributed by atoms with Gasteiger partial charge in [0.25, 0.3) is 11.8 Å². The highest BCUT2D eigenvalue weighted by molar-refractivity contribution is 6.05. The molecule has 0 heterocycles. The fraction of sp³-hybridized carbons (Fsp3) is 0. The van der Waals surface area contributed by atoms with Gasteiger partial charge in [-0.3, -0.25) is 14.8 Å². The zero-order valence-electron chi connectivity index (χ0n) is 11.1. The summed E-state index contributed by atoms with van der Waals surface area (Å²) in [5, 5.41) is 11.2. The number of hydrogen-bond acceptors (Lipinski definition) is 3. The van der Waals surface area contributed by atoms with Crippen molar-refractivity contribution >= 4 is 23.6 Å². The number of anilines is 1. The molecule has 0 aliphatic heterocycles. The lowest BCUT2D eigenvalue weighted by molar-refractivity contribution is -0.124. The van der Waals surface area contributed by atoms with Crippen LogP contribution in [0.5, 0.6) is 0 Å². The number of hydrogen-bond donors (Lipinski definition) is 3. The van der Waals surface area contributed by atoms with Gasteiger partial charge in [-0.15, -0.1) is 0 Å². The summed E-state index contributed by atoms with van der Waals surface area (Å²) < 4.78 is 0. The Morgan fingerprint density at radius 1 is 0.952 bits per heavy atom. The quantitative estimate of drug-likeness (QED) is 0.458. The maximum absolute atomic E-state index is 12.1. The molecule has 2 aromatic carbocycles. The summed E-state index contributed by atoms with van der Waals surface area (Å²) >= 11 is 0. The summed E-state index contributed by atoms with van der Waals surface area (Å²) in [6.45, 7) is 0. The Morgan fingerprint density at radius 3 is 2.33 bits per heavy atom. The number of carbonyl (C=O) groups excluding carboxylic acids is 2. The molecule has 2 rings (SSSR count). The minimum absolute atomic E-state index is 0.233. The number of hydroxylamine groups is 1. The summed E-state index contributed by atoms with van der Waals surface area (Å²) in [6.07, 6.45) is 2.68. The molecule has 2 aromatic rings. The van der Waals surface area contributed by atoms with Crippen LogP contribution in [0.3, 0.4) is 0 Å². The van der Waals surface area contributed by atoms with Crippen molar-refractivity contribution in [3.63, 3.8) is 0 Å². The average molecular weight is 282 g/mol. The SMILES string of the molecule is O=C(C=Cc1ccccc1NC(=O)c1ccccc1)NO. The van der Waals surface area contributed by atoms with E-state index in [1.165, 1.54) is 17.6 Å². The van der Waals surface area contributed by atoms with Crippen LogP contribution >= 0.6 is 0 Å². The molecule has 5 nitrogen and oxygen atoms in total. The average Bonchev–Trinajstić information content (AvgIpc) is 2.54. The number of para-hydroxylation sites is 1. The van der Waals surface area contributed by atoms with Crippen molar-refractivity contribution in [2.75, 3.05) is 5.32 Å². The van der Waals surface area contributed by atoms with Gasteiger partial charge in [0, 0.05) is 17.3 Å². The molecule has 0 fully saturated rings. The molecule has 0 atom stereocenters. The highest BCUT2D eigenvalue weighted by Gasteiger charge is 2.07. The second-order valence-electron chi connectivity index (χ2n) is 4.22. The van der Waals surface area contributed by atoms with Crippen LogP contribution in [0.4, 0.5) is 5.69 Å². The molecule has 0 aliphatic carbocycles. The third-order valence-corrected chi connectivity index (χ3v) is 2.77. The first-order valence-corrected chi connectivity index (χ1v) is 6.28. The van der Waals surface area contributed by atoms with Gasteiger partial charge in [0.05, 0.1) is 0 Å². The molecule has 0 radical (unpaired) electrons. The number of nitrogens with one attached hydrogen (secondary N) is 2. The third-order valence-electron chi connectivity index (χ3n) is 2.77. The summed E-state index contributed by atoms with van der Waals surface area (Å²) in [5.41, 5.74) is 3.29. The lowest BCUT2D eigenvalue weighted by atomic mass is 10.1. The van der Waals surface area contributed by atoms with Gasteiger partial charge in [0.2, 0.25) is 0 Å². The zero-order valence-corrected chi connectivity index (χ0v) is 11.1. The Bertz CT molecular complexity index is 666. The predicted molar refractivity (Wildman–Crippen MR) is 79.8 cm³/mol. The molecular formula is C16H14N2O3. The first-order valence-electron chi connectivity index (χ1n) is 6.28. The number of carbonyl (C=O) groups is 2. The molecule has 0 saturated carbocycles. The van der Waals surface area contributed by atoms with Crippen LogP contribution in [-0.2, 0) is 4.79 Å². The van der Waals surface area contributed by atoms with E-state index >= 15 is 0 Å². The van der Waals surface area contributed by atoms with Crippen LogP contribution in [0, 0.1) is 0 Å². The fourth-order valence-electron chi connectivity index (χ4n) is 1.74. The second-order valence-corrected chi connectivity index (χ2v) is 4.22. The Kier molecular flexibility index (Phi) is 4.84. The van der Waals surface area contributed by atoms with Crippen LogP contribution < -0.4 is 10.8 Å². The molecule has 0 aromatic heterocycles. The van der Waals surface area contributed by atoms with Gasteiger partial charge in [0.15, 0.2) is 0 Å². The first kappa shape index (κ1) is 14.5. The highest BCUT2D eigenvalue weighted by atomic mass is 16.5. The van der Waals surface area contributed by atoms with Crippen molar-refractivity contribution in [2.24, 2.45) is 0 Å². The molecule has 5 heteroatoms. The standard InChI is InChI=1S/C16H14N2O3/c19-15(18-21)11-10-12-6-4-5-9-14(12)17-16(20)13-7-2-1-3-8-13/h1-11,21H,(H,17,20)(H,18,19). The fourth-order valence-corrected chi connectivity index (χ4v) is 1.74. The van der Waals surface area contributed by atoms with Gasteiger partial charge in [-0.05, 0) is 29.8 Å². The summed E-state index contributed by atoms with van der Waals surface area (Å²) in [7, 11) is 0. The van der Waals surface area contributed by atoms with Gasteiger partial charge in [0.1, 0.15) is 0 Å². The van der Waals surface area contributed by atoms with Crippen LogP contribution in [0.2, 0.25) is 0 Å². The van der Waals surface area contributed by atoms with Crippen molar-refractivity contribution in [3.05, 3.63) is 71.8 Å². The Hall–Kier alpha value is -2.92. The molecule has 106 valence electrons. The molecule has 0 saturated heterocycles. The number of rotatable bonds is 4.